The quantitative estimate of drug-likeness (QED) is 0.943. The SMILES string of the molecule is Cn1ccnc1-c1nnc(NC(=O)C2CCCC(C)(C)C2)s1. The highest BCUT2D eigenvalue weighted by molar-refractivity contribution is 7.18. The molecule has 1 fully saturated rings. The molecule has 1 amide bonds. The largest absolute Gasteiger partial charge is 0.332 e. The molecule has 2 aromatic rings. The number of rotatable bonds is 3. The monoisotopic (exact) mass is 319 g/mol. The molecular weight excluding hydrogens is 298 g/mol. The van der Waals surface area contributed by atoms with Gasteiger partial charge in [-0.3, -0.25) is 4.79 Å². The Labute approximate surface area is 134 Å². The van der Waals surface area contributed by atoms with Gasteiger partial charge >= 0.3 is 0 Å². The normalized spacial score (nSPS) is 20.8. The molecule has 1 atom stereocenters. The van der Waals surface area contributed by atoms with Crippen molar-refractivity contribution < 1.29 is 4.79 Å². The van der Waals surface area contributed by atoms with E-state index in [9.17, 15) is 4.79 Å². The van der Waals surface area contributed by atoms with E-state index in [-0.39, 0.29) is 17.2 Å². The molecule has 22 heavy (non-hydrogen) atoms. The standard InChI is InChI=1S/C15H21N5OS/c1-15(2)6-4-5-10(9-15)12(21)17-14-19-18-13(22-14)11-16-7-8-20(11)3/h7-8,10H,4-6,9H2,1-3H3,(H,17,19,21). The first-order valence-corrected chi connectivity index (χ1v) is 8.38. The Morgan fingerprint density at radius 1 is 1.45 bits per heavy atom. The molecule has 2 heterocycles. The number of hydrogen-bond acceptors (Lipinski definition) is 5. The molecule has 2 aromatic heterocycles. The molecule has 0 radical (unpaired) electrons. The zero-order chi connectivity index (χ0) is 15.7. The molecule has 0 saturated heterocycles. The average Bonchev–Trinajstić information content (AvgIpc) is 3.06. The highest BCUT2D eigenvalue weighted by Crippen LogP contribution is 2.39. The van der Waals surface area contributed by atoms with Gasteiger partial charge in [-0.05, 0) is 24.7 Å². The van der Waals surface area contributed by atoms with Crippen LogP contribution >= 0.6 is 11.3 Å². The number of imidazole rings is 1. The van der Waals surface area contributed by atoms with Crippen LogP contribution in [0.5, 0.6) is 0 Å². The third-order valence-electron chi connectivity index (χ3n) is 4.24. The van der Waals surface area contributed by atoms with Gasteiger partial charge in [-0.2, -0.15) is 0 Å². The van der Waals surface area contributed by atoms with Crippen LogP contribution in [-0.2, 0) is 11.8 Å². The summed E-state index contributed by atoms with van der Waals surface area (Å²) < 4.78 is 1.88. The Morgan fingerprint density at radius 3 is 2.95 bits per heavy atom. The fraction of sp³-hybridized carbons (Fsp3) is 0.600. The van der Waals surface area contributed by atoms with E-state index in [1.807, 2.05) is 17.8 Å². The Kier molecular flexibility index (Phi) is 3.99. The van der Waals surface area contributed by atoms with Crippen molar-refractivity contribution in [3.63, 3.8) is 0 Å². The first-order chi connectivity index (χ1) is 10.4. The molecule has 0 spiro atoms. The number of aromatic nitrogens is 4. The minimum absolute atomic E-state index is 0.0651. The molecule has 0 aromatic carbocycles. The third-order valence-corrected chi connectivity index (χ3v) is 5.08. The third kappa shape index (κ3) is 3.19. The second-order valence-corrected chi connectivity index (χ2v) is 7.70. The zero-order valence-electron chi connectivity index (χ0n) is 13.2. The molecule has 3 rings (SSSR count). The van der Waals surface area contributed by atoms with Gasteiger partial charge in [0.15, 0.2) is 10.8 Å². The maximum atomic E-state index is 12.4. The Balaban J connectivity index is 1.68. The van der Waals surface area contributed by atoms with Crippen molar-refractivity contribution in [2.75, 3.05) is 5.32 Å². The molecule has 6 nitrogen and oxygen atoms in total. The smallest absolute Gasteiger partial charge is 0.229 e. The number of carbonyl (C=O) groups excluding carboxylic acids is 1. The summed E-state index contributed by atoms with van der Waals surface area (Å²) in [7, 11) is 1.91. The predicted molar refractivity (Wildman–Crippen MR) is 86.5 cm³/mol. The van der Waals surface area contributed by atoms with E-state index in [1.54, 1.807) is 6.20 Å². The van der Waals surface area contributed by atoms with E-state index in [1.165, 1.54) is 17.8 Å². The van der Waals surface area contributed by atoms with Crippen LogP contribution in [0.4, 0.5) is 5.13 Å². The Morgan fingerprint density at radius 2 is 2.27 bits per heavy atom. The molecular formula is C15H21N5OS. The molecule has 1 saturated carbocycles. The van der Waals surface area contributed by atoms with Crippen LogP contribution < -0.4 is 5.32 Å². The fourth-order valence-electron chi connectivity index (χ4n) is 3.07. The van der Waals surface area contributed by atoms with Crippen molar-refractivity contribution in [3.8, 4) is 10.8 Å². The second kappa shape index (κ2) is 5.79. The Bertz CT molecular complexity index is 675. The van der Waals surface area contributed by atoms with Crippen LogP contribution in [0.1, 0.15) is 39.5 Å². The van der Waals surface area contributed by atoms with Gasteiger partial charge in [0.05, 0.1) is 0 Å². The van der Waals surface area contributed by atoms with Crippen molar-refractivity contribution in [1.82, 2.24) is 19.7 Å². The summed E-state index contributed by atoms with van der Waals surface area (Å²) in [5, 5.41) is 12.4. The maximum absolute atomic E-state index is 12.4. The predicted octanol–water partition coefficient (Wildman–Crippen LogP) is 3.09. The molecule has 1 aliphatic carbocycles. The van der Waals surface area contributed by atoms with Crippen molar-refractivity contribution in [3.05, 3.63) is 12.4 Å². The lowest BCUT2D eigenvalue weighted by Gasteiger charge is -2.34. The molecule has 1 aliphatic rings. The van der Waals surface area contributed by atoms with Crippen LogP contribution in [0.15, 0.2) is 12.4 Å². The van der Waals surface area contributed by atoms with Crippen LogP contribution in [0.2, 0.25) is 0 Å². The first-order valence-electron chi connectivity index (χ1n) is 7.57. The van der Waals surface area contributed by atoms with E-state index in [4.69, 9.17) is 0 Å². The lowest BCUT2D eigenvalue weighted by Crippen LogP contribution is -2.31. The molecule has 0 bridgehead atoms. The van der Waals surface area contributed by atoms with Crippen molar-refractivity contribution in [2.24, 2.45) is 18.4 Å². The summed E-state index contributed by atoms with van der Waals surface area (Å²) in [5.41, 5.74) is 0.250. The lowest BCUT2D eigenvalue weighted by atomic mass is 9.72. The highest BCUT2D eigenvalue weighted by atomic mass is 32.1. The number of aryl methyl sites for hydroxylation is 1. The van der Waals surface area contributed by atoms with Gasteiger partial charge in [0.25, 0.3) is 0 Å². The van der Waals surface area contributed by atoms with Crippen LogP contribution in [0.3, 0.4) is 0 Å². The first kappa shape index (κ1) is 15.1. The van der Waals surface area contributed by atoms with Crippen LogP contribution in [-0.4, -0.2) is 25.7 Å². The van der Waals surface area contributed by atoms with Gasteiger partial charge < -0.3 is 9.88 Å². The van der Waals surface area contributed by atoms with Crippen molar-refractivity contribution in [1.29, 1.82) is 0 Å². The number of anilines is 1. The molecule has 1 unspecified atom stereocenters. The summed E-state index contributed by atoms with van der Waals surface area (Å²) in [6.07, 6.45) is 7.78. The number of nitrogens with one attached hydrogen (secondary N) is 1. The second-order valence-electron chi connectivity index (χ2n) is 6.72. The Hall–Kier alpha value is -1.76. The van der Waals surface area contributed by atoms with E-state index >= 15 is 0 Å². The molecule has 118 valence electrons. The lowest BCUT2D eigenvalue weighted by molar-refractivity contribution is -0.122. The van der Waals surface area contributed by atoms with Gasteiger partial charge in [0.2, 0.25) is 11.0 Å². The topological polar surface area (TPSA) is 72.7 Å². The van der Waals surface area contributed by atoms with Gasteiger partial charge in [-0.15, -0.1) is 10.2 Å². The zero-order valence-corrected chi connectivity index (χ0v) is 14.0. The van der Waals surface area contributed by atoms with E-state index in [0.717, 1.165) is 25.1 Å². The number of hydrogen-bond donors (Lipinski definition) is 1. The van der Waals surface area contributed by atoms with E-state index in [2.05, 4.69) is 34.3 Å². The van der Waals surface area contributed by atoms with Crippen molar-refractivity contribution >= 4 is 22.4 Å². The van der Waals surface area contributed by atoms with Gasteiger partial charge in [-0.1, -0.05) is 31.6 Å². The summed E-state index contributed by atoms with van der Waals surface area (Å²) >= 11 is 1.36. The molecule has 7 heteroatoms. The summed E-state index contributed by atoms with van der Waals surface area (Å²) in [6.45, 7) is 4.47. The number of nitrogens with zero attached hydrogens (tertiary/aromatic N) is 4. The van der Waals surface area contributed by atoms with Crippen LogP contribution in [0, 0.1) is 11.3 Å². The van der Waals surface area contributed by atoms with Gasteiger partial charge in [0.1, 0.15) is 0 Å². The van der Waals surface area contributed by atoms with E-state index in [0.29, 0.717) is 10.1 Å². The minimum atomic E-state index is 0.0651. The van der Waals surface area contributed by atoms with Gasteiger partial charge in [-0.25, -0.2) is 4.98 Å². The summed E-state index contributed by atoms with van der Waals surface area (Å²) in [4.78, 5) is 16.7. The molecule has 1 N–H and O–H groups in total. The highest BCUT2D eigenvalue weighted by Gasteiger charge is 2.32. The maximum Gasteiger partial charge on any atom is 0.229 e. The average molecular weight is 319 g/mol. The minimum Gasteiger partial charge on any atom is -0.332 e. The fourth-order valence-corrected chi connectivity index (χ4v) is 3.85. The van der Waals surface area contributed by atoms with Gasteiger partial charge in [0, 0.05) is 25.4 Å². The van der Waals surface area contributed by atoms with Crippen molar-refractivity contribution in [2.45, 2.75) is 39.5 Å². The summed E-state index contributed by atoms with van der Waals surface area (Å²) in [6, 6.07) is 0. The number of carbonyl (C=O) groups is 1. The van der Waals surface area contributed by atoms with Crippen LogP contribution in [0.25, 0.3) is 10.8 Å². The summed E-state index contributed by atoms with van der Waals surface area (Å²) in [5.74, 6) is 0.899. The number of amides is 1. The van der Waals surface area contributed by atoms with E-state index < -0.39 is 0 Å². The molecule has 0 aliphatic heterocycles.